The molecule has 0 atom stereocenters. The number of hydrogen-bond acceptors (Lipinski definition) is 6. The van der Waals surface area contributed by atoms with Crippen LogP contribution in [0.4, 0.5) is 11.4 Å². The molecule has 0 bridgehead atoms. The number of rotatable bonds is 9. The number of phenolic OH excluding ortho intramolecular Hbond substituents is 4. The van der Waals surface area contributed by atoms with Crippen molar-refractivity contribution in [2.45, 2.75) is 23.7 Å². The summed E-state index contributed by atoms with van der Waals surface area (Å²) in [4.78, 5) is 33.4. The van der Waals surface area contributed by atoms with E-state index in [0.717, 1.165) is 22.5 Å². The first kappa shape index (κ1) is 32.7. The van der Waals surface area contributed by atoms with Gasteiger partial charge in [0.05, 0.1) is 0 Å². The smallest absolute Gasteiger partial charge is 0.246 e. The number of unbranched alkanes of at least 4 members (excludes halogenated alkanes) is 1. The number of phenols is 4. The summed E-state index contributed by atoms with van der Waals surface area (Å²) >= 11 is 0. The third-order valence-electron chi connectivity index (χ3n) is 10.5. The van der Waals surface area contributed by atoms with Gasteiger partial charge in [0.2, 0.25) is 11.8 Å². The molecule has 0 saturated carbocycles. The van der Waals surface area contributed by atoms with Crippen LogP contribution in [0, 0.1) is 0 Å². The van der Waals surface area contributed by atoms with Crippen molar-refractivity contribution >= 4 is 23.2 Å². The Morgan fingerprint density at radius 1 is 0.385 bits per heavy atom. The third-order valence-corrected chi connectivity index (χ3v) is 10.5. The first-order chi connectivity index (χ1) is 25.3. The minimum atomic E-state index is -1.20. The Kier molecular flexibility index (Phi) is 7.95. The van der Waals surface area contributed by atoms with Crippen molar-refractivity contribution in [1.82, 2.24) is 0 Å². The average molecular weight is 689 g/mol. The van der Waals surface area contributed by atoms with E-state index in [2.05, 4.69) is 0 Å². The molecule has 8 heteroatoms. The van der Waals surface area contributed by atoms with Gasteiger partial charge in [-0.05, 0) is 95.8 Å². The summed E-state index contributed by atoms with van der Waals surface area (Å²) in [6.07, 6.45) is 1.19. The van der Waals surface area contributed by atoms with Crippen molar-refractivity contribution in [2.75, 3.05) is 22.9 Å². The molecule has 258 valence electrons. The van der Waals surface area contributed by atoms with Gasteiger partial charge in [-0.3, -0.25) is 9.59 Å². The highest BCUT2D eigenvalue weighted by molar-refractivity contribution is 6.14. The summed E-state index contributed by atoms with van der Waals surface area (Å²) in [7, 11) is 0. The van der Waals surface area contributed by atoms with Crippen molar-refractivity contribution in [2.24, 2.45) is 0 Å². The number of benzene rings is 6. The van der Waals surface area contributed by atoms with Crippen LogP contribution in [0.3, 0.4) is 0 Å². The summed E-state index contributed by atoms with van der Waals surface area (Å²) in [5.41, 5.74) is 3.62. The first-order valence-corrected chi connectivity index (χ1v) is 17.3. The van der Waals surface area contributed by atoms with Crippen molar-refractivity contribution in [3.63, 3.8) is 0 Å². The molecule has 8 rings (SSSR count). The maximum atomic E-state index is 14.9. The summed E-state index contributed by atoms with van der Waals surface area (Å²) in [6.45, 7) is 0.803. The summed E-state index contributed by atoms with van der Waals surface area (Å²) < 4.78 is 0. The number of aromatic hydroxyl groups is 4. The highest BCUT2D eigenvalue weighted by Gasteiger charge is 2.54. The monoisotopic (exact) mass is 688 g/mol. The minimum Gasteiger partial charge on any atom is -0.508 e. The van der Waals surface area contributed by atoms with Crippen molar-refractivity contribution in [3.05, 3.63) is 179 Å². The molecular formula is C44H36N2O6. The molecule has 0 saturated heterocycles. The van der Waals surface area contributed by atoms with Crippen LogP contribution in [-0.2, 0) is 20.4 Å². The Bertz CT molecular complexity index is 2030. The van der Waals surface area contributed by atoms with Gasteiger partial charge in [-0.25, -0.2) is 0 Å². The molecule has 0 aromatic heterocycles. The molecule has 0 radical (unpaired) electrons. The molecule has 2 amide bonds. The van der Waals surface area contributed by atoms with E-state index in [1.165, 1.54) is 0 Å². The van der Waals surface area contributed by atoms with Crippen LogP contribution < -0.4 is 9.80 Å². The molecule has 4 N–H and O–H groups in total. The second-order valence-corrected chi connectivity index (χ2v) is 13.3. The van der Waals surface area contributed by atoms with Crippen LogP contribution in [0.1, 0.15) is 46.2 Å². The lowest BCUT2D eigenvalue weighted by Gasteiger charge is -2.31. The predicted molar refractivity (Wildman–Crippen MR) is 199 cm³/mol. The van der Waals surface area contributed by atoms with E-state index in [-0.39, 0.29) is 34.8 Å². The zero-order valence-electron chi connectivity index (χ0n) is 28.2. The lowest BCUT2D eigenvalue weighted by molar-refractivity contribution is -0.121. The van der Waals surface area contributed by atoms with Gasteiger partial charge in [0.25, 0.3) is 0 Å². The summed E-state index contributed by atoms with van der Waals surface area (Å²) in [5.74, 6) is 0.116. The summed E-state index contributed by atoms with van der Waals surface area (Å²) in [6, 6.07) is 42.2. The fourth-order valence-electron chi connectivity index (χ4n) is 8.19. The second kappa shape index (κ2) is 12.7. The van der Waals surface area contributed by atoms with E-state index in [9.17, 15) is 30.0 Å². The Labute approximate surface area is 301 Å². The summed E-state index contributed by atoms with van der Waals surface area (Å²) in [5, 5.41) is 40.5. The number of hydrogen-bond donors (Lipinski definition) is 4. The Morgan fingerprint density at radius 3 is 0.942 bits per heavy atom. The highest BCUT2D eigenvalue weighted by Crippen LogP contribution is 2.52. The van der Waals surface area contributed by atoms with Crippen LogP contribution in [0.15, 0.2) is 146 Å². The quantitative estimate of drug-likeness (QED) is 0.118. The average Bonchev–Trinajstić information content (AvgIpc) is 3.56. The number of carbonyl (C=O) groups excluding carboxylic acids is 2. The van der Waals surface area contributed by atoms with Crippen molar-refractivity contribution in [3.8, 4) is 23.0 Å². The Morgan fingerprint density at radius 2 is 0.654 bits per heavy atom. The molecule has 8 nitrogen and oxygen atoms in total. The van der Waals surface area contributed by atoms with E-state index in [4.69, 9.17) is 0 Å². The molecule has 0 aliphatic carbocycles. The minimum absolute atomic E-state index is 0.0954. The fourth-order valence-corrected chi connectivity index (χ4v) is 8.19. The van der Waals surface area contributed by atoms with Gasteiger partial charge >= 0.3 is 0 Å². The zero-order chi connectivity index (χ0) is 36.0. The van der Waals surface area contributed by atoms with Gasteiger partial charge in [0, 0.05) is 35.6 Å². The zero-order valence-corrected chi connectivity index (χ0v) is 28.2. The molecule has 6 aromatic carbocycles. The standard InChI is InChI=1S/C44H36N2O6/c47-33-19-11-29(12-20-33)43(30-13-21-34(48)22-14-30)37-7-1-3-9-39(37)45(41(43)51)27-5-6-28-46-40-10-4-2-8-38(40)44(42(46)52,31-15-23-35(49)24-16-31)32-17-25-36(50)26-18-32/h1-4,7-26,47-50H,5-6,27-28H2. The second-order valence-electron chi connectivity index (χ2n) is 13.3. The normalized spacial score (nSPS) is 15.5. The van der Waals surface area contributed by atoms with Gasteiger partial charge in [0.1, 0.15) is 33.8 Å². The number of amides is 2. The fraction of sp³-hybridized carbons (Fsp3) is 0.136. The molecular weight excluding hydrogens is 652 g/mol. The van der Waals surface area contributed by atoms with Crippen LogP contribution >= 0.6 is 0 Å². The van der Waals surface area contributed by atoms with Gasteiger partial charge in [-0.1, -0.05) is 84.9 Å². The molecule has 2 aliphatic heterocycles. The van der Waals surface area contributed by atoms with E-state index in [0.29, 0.717) is 48.2 Å². The third kappa shape index (κ3) is 4.90. The highest BCUT2D eigenvalue weighted by atomic mass is 16.3. The van der Waals surface area contributed by atoms with E-state index in [1.807, 2.05) is 58.3 Å². The number of nitrogens with zero attached hydrogens (tertiary/aromatic N) is 2. The lowest BCUT2D eigenvalue weighted by atomic mass is 9.70. The molecule has 52 heavy (non-hydrogen) atoms. The molecule has 2 aliphatic rings. The molecule has 2 heterocycles. The van der Waals surface area contributed by atoms with Gasteiger partial charge in [-0.15, -0.1) is 0 Å². The first-order valence-electron chi connectivity index (χ1n) is 17.3. The van der Waals surface area contributed by atoms with Crippen molar-refractivity contribution < 1.29 is 30.0 Å². The molecule has 0 spiro atoms. The van der Waals surface area contributed by atoms with Crippen molar-refractivity contribution in [1.29, 1.82) is 0 Å². The van der Waals surface area contributed by atoms with Crippen LogP contribution in [-0.4, -0.2) is 45.3 Å². The maximum absolute atomic E-state index is 14.9. The van der Waals surface area contributed by atoms with E-state index >= 15 is 0 Å². The Hall–Kier alpha value is -6.54. The van der Waals surface area contributed by atoms with Crippen LogP contribution in [0.25, 0.3) is 0 Å². The van der Waals surface area contributed by atoms with Gasteiger partial charge in [0.15, 0.2) is 0 Å². The van der Waals surface area contributed by atoms with Crippen LogP contribution in [0.5, 0.6) is 23.0 Å². The Balaban J connectivity index is 1.11. The van der Waals surface area contributed by atoms with E-state index in [1.54, 1.807) is 97.1 Å². The van der Waals surface area contributed by atoms with Crippen LogP contribution in [0.2, 0.25) is 0 Å². The van der Waals surface area contributed by atoms with Gasteiger partial charge in [-0.2, -0.15) is 0 Å². The number of para-hydroxylation sites is 2. The van der Waals surface area contributed by atoms with E-state index < -0.39 is 10.8 Å². The number of anilines is 2. The lowest BCUT2D eigenvalue weighted by Crippen LogP contribution is -2.43. The molecule has 0 fully saturated rings. The number of fused-ring (bicyclic) bond motifs is 2. The molecule has 6 aromatic rings. The van der Waals surface area contributed by atoms with Gasteiger partial charge < -0.3 is 30.2 Å². The maximum Gasteiger partial charge on any atom is 0.246 e. The topological polar surface area (TPSA) is 122 Å². The SMILES string of the molecule is O=C1N(CCCCN2C(=O)C(c3ccc(O)cc3)(c3ccc(O)cc3)c3ccccc32)c2ccccc2C1(c1ccc(O)cc1)c1ccc(O)cc1. The largest absolute Gasteiger partial charge is 0.508 e. The molecule has 0 unspecified atom stereocenters. The predicted octanol–water partition coefficient (Wildman–Crippen LogP) is 7.35. The number of carbonyl (C=O) groups is 2.